The van der Waals surface area contributed by atoms with Crippen molar-refractivity contribution in [3.63, 3.8) is 0 Å². The minimum atomic E-state index is -0.0870. The van der Waals surface area contributed by atoms with Gasteiger partial charge in [0.1, 0.15) is 5.75 Å². The number of pyridine rings is 1. The molecule has 0 aliphatic heterocycles. The third kappa shape index (κ3) is 4.16. The number of aryl methyl sites for hydroxylation is 1. The number of aromatic amines is 1. The van der Waals surface area contributed by atoms with E-state index in [0.717, 1.165) is 41.2 Å². The highest BCUT2D eigenvalue weighted by molar-refractivity contribution is 5.99. The van der Waals surface area contributed by atoms with Gasteiger partial charge in [0, 0.05) is 23.8 Å². The van der Waals surface area contributed by atoms with Crippen molar-refractivity contribution in [1.82, 2.24) is 14.8 Å². The van der Waals surface area contributed by atoms with Crippen molar-refractivity contribution < 1.29 is 4.74 Å². The number of rotatable bonds is 7. The summed E-state index contributed by atoms with van der Waals surface area (Å²) in [4.78, 5) is 21.8. The second kappa shape index (κ2) is 8.49. The van der Waals surface area contributed by atoms with Crippen LogP contribution in [0, 0.1) is 0 Å². The average molecular weight is 364 g/mol. The lowest BCUT2D eigenvalue weighted by molar-refractivity contribution is 0.414. The summed E-state index contributed by atoms with van der Waals surface area (Å²) in [5.41, 5.74) is 3.98. The zero-order valence-electron chi connectivity index (χ0n) is 15.9. The van der Waals surface area contributed by atoms with Crippen molar-refractivity contribution in [2.45, 2.75) is 33.2 Å². The molecule has 6 nitrogen and oxygen atoms in total. The van der Waals surface area contributed by atoms with Crippen molar-refractivity contribution in [2.24, 2.45) is 4.99 Å². The smallest absolute Gasteiger partial charge is 0.280 e. The normalized spacial score (nSPS) is 11.6. The number of benzene rings is 1. The number of hydrogen-bond donors (Lipinski definition) is 1. The van der Waals surface area contributed by atoms with Gasteiger partial charge in [0.25, 0.3) is 5.56 Å². The predicted octanol–water partition coefficient (Wildman–Crippen LogP) is 3.53. The summed E-state index contributed by atoms with van der Waals surface area (Å²) >= 11 is 0. The van der Waals surface area contributed by atoms with Crippen LogP contribution < -0.4 is 10.3 Å². The van der Waals surface area contributed by atoms with Crippen LogP contribution in [0.3, 0.4) is 0 Å². The lowest BCUT2D eigenvalue weighted by Crippen LogP contribution is -2.19. The largest absolute Gasteiger partial charge is 0.497 e. The van der Waals surface area contributed by atoms with E-state index >= 15 is 0 Å². The lowest BCUT2D eigenvalue weighted by Gasteiger charge is -2.03. The molecule has 0 fully saturated rings. The molecule has 27 heavy (non-hydrogen) atoms. The summed E-state index contributed by atoms with van der Waals surface area (Å²) in [7, 11) is 1.62. The van der Waals surface area contributed by atoms with Crippen LogP contribution >= 0.6 is 0 Å². The third-order valence-electron chi connectivity index (χ3n) is 4.38. The van der Waals surface area contributed by atoms with Crippen molar-refractivity contribution in [2.75, 3.05) is 7.11 Å². The van der Waals surface area contributed by atoms with Gasteiger partial charge in [-0.05, 0) is 49.2 Å². The molecule has 2 heterocycles. The van der Waals surface area contributed by atoms with Gasteiger partial charge < -0.3 is 4.74 Å². The fourth-order valence-corrected chi connectivity index (χ4v) is 2.98. The van der Waals surface area contributed by atoms with Crippen LogP contribution in [0.15, 0.2) is 58.6 Å². The van der Waals surface area contributed by atoms with E-state index in [9.17, 15) is 4.79 Å². The van der Waals surface area contributed by atoms with Crippen LogP contribution in [0.1, 0.15) is 37.1 Å². The number of hydrogen-bond acceptors (Lipinski definition) is 4. The zero-order chi connectivity index (χ0) is 19.2. The van der Waals surface area contributed by atoms with E-state index in [-0.39, 0.29) is 5.56 Å². The minimum absolute atomic E-state index is 0.0870. The van der Waals surface area contributed by atoms with E-state index in [1.165, 1.54) is 0 Å². The molecule has 0 saturated carbocycles. The fourth-order valence-electron chi connectivity index (χ4n) is 2.98. The SMILES string of the molecule is CCCc1[nH]n(-c2ccc(OC)cc2)c(=O)c1C(C)=NCc1cccnc1. The van der Waals surface area contributed by atoms with E-state index < -0.39 is 0 Å². The Morgan fingerprint density at radius 2 is 2.04 bits per heavy atom. The minimum Gasteiger partial charge on any atom is -0.497 e. The summed E-state index contributed by atoms with van der Waals surface area (Å²) in [6.45, 7) is 4.48. The Labute approximate surface area is 158 Å². The molecular weight excluding hydrogens is 340 g/mol. The van der Waals surface area contributed by atoms with Gasteiger partial charge in [-0.25, -0.2) is 4.68 Å². The molecule has 6 heteroatoms. The molecule has 0 atom stereocenters. The quantitative estimate of drug-likeness (QED) is 0.652. The molecule has 0 amide bonds. The Morgan fingerprint density at radius 3 is 2.67 bits per heavy atom. The Morgan fingerprint density at radius 1 is 1.26 bits per heavy atom. The van der Waals surface area contributed by atoms with Gasteiger partial charge >= 0.3 is 0 Å². The molecule has 0 bridgehead atoms. The van der Waals surface area contributed by atoms with Gasteiger partial charge in [0.05, 0.1) is 24.9 Å². The Balaban J connectivity index is 1.98. The van der Waals surface area contributed by atoms with Gasteiger partial charge in [-0.1, -0.05) is 19.4 Å². The molecule has 0 radical (unpaired) electrons. The van der Waals surface area contributed by atoms with E-state index in [1.54, 1.807) is 24.2 Å². The molecule has 1 N–H and O–H groups in total. The highest BCUT2D eigenvalue weighted by Crippen LogP contribution is 2.15. The second-order valence-corrected chi connectivity index (χ2v) is 6.32. The number of aliphatic imine (C=N–C) groups is 1. The number of ether oxygens (including phenoxy) is 1. The Hall–Kier alpha value is -3.15. The first-order valence-corrected chi connectivity index (χ1v) is 9.02. The second-order valence-electron chi connectivity index (χ2n) is 6.32. The van der Waals surface area contributed by atoms with Gasteiger partial charge in [-0.15, -0.1) is 0 Å². The molecule has 3 aromatic rings. The standard InChI is InChI=1S/C21H24N4O2/c1-4-6-19-20(15(2)23-14-16-7-5-12-22-13-16)21(26)25(24-19)17-8-10-18(27-3)11-9-17/h5,7-13,24H,4,6,14H2,1-3H3. The highest BCUT2D eigenvalue weighted by Gasteiger charge is 2.17. The first kappa shape index (κ1) is 18.6. The molecule has 3 rings (SSSR count). The van der Waals surface area contributed by atoms with Crippen LogP contribution in [-0.4, -0.2) is 27.6 Å². The first-order chi connectivity index (χ1) is 13.1. The summed E-state index contributed by atoms with van der Waals surface area (Å²) in [5.74, 6) is 0.751. The molecule has 2 aromatic heterocycles. The van der Waals surface area contributed by atoms with Crippen molar-refractivity contribution >= 4 is 5.71 Å². The predicted molar refractivity (Wildman–Crippen MR) is 107 cm³/mol. The topological polar surface area (TPSA) is 72.3 Å². The molecule has 0 unspecified atom stereocenters. The summed E-state index contributed by atoms with van der Waals surface area (Å²) in [5, 5.41) is 3.25. The fraction of sp³-hybridized carbons (Fsp3) is 0.286. The zero-order valence-corrected chi connectivity index (χ0v) is 15.9. The van der Waals surface area contributed by atoms with Crippen molar-refractivity contribution in [3.8, 4) is 11.4 Å². The van der Waals surface area contributed by atoms with Crippen LogP contribution in [-0.2, 0) is 13.0 Å². The van der Waals surface area contributed by atoms with Gasteiger partial charge in [0.15, 0.2) is 0 Å². The van der Waals surface area contributed by atoms with Gasteiger partial charge in [-0.3, -0.25) is 19.9 Å². The number of methoxy groups -OCH3 is 1. The van der Waals surface area contributed by atoms with Gasteiger partial charge in [-0.2, -0.15) is 0 Å². The van der Waals surface area contributed by atoms with E-state index in [0.29, 0.717) is 12.1 Å². The first-order valence-electron chi connectivity index (χ1n) is 9.02. The van der Waals surface area contributed by atoms with Crippen molar-refractivity contribution in [3.05, 3.63) is 76.0 Å². The van der Waals surface area contributed by atoms with E-state index in [1.807, 2.05) is 43.3 Å². The maximum Gasteiger partial charge on any atom is 0.280 e. The van der Waals surface area contributed by atoms with Crippen LogP contribution in [0.2, 0.25) is 0 Å². The molecule has 0 saturated heterocycles. The van der Waals surface area contributed by atoms with E-state index in [2.05, 4.69) is 22.0 Å². The lowest BCUT2D eigenvalue weighted by atomic mass is 10.1. The highest BCUT2D eigenvalue weighted by atomic mass is 16.5. The Bertz CT molecular complexity index is 970. The summed E-state index contributed by atoms with van der Waals surface area (Å²) < 4.78 is 6.77. The number of nitrogens with zero attached hydrogens (tertiary/aromatic N) is 3. The number of aromatic nitrogens is 3. The van der Waals surface area contributed by atoms with Gasteiger partial charge in [0.2, 0.25) is 0 Å². The van der Waals surface area contributed by atoms with Crippen LogP contribution in [0.25, 0.3) is 5.69 Å². The van der Waals surface area contributed by atoms with Crippen LogP contribution in [0.4, 0.5) is 0 Å². The van der Waals surface area contributed by atoms with Crippen molar-refractivity contribution in [1.29, 1.82) is 0 Å². The van der Waals surface area contributed by atoms with Crippen LogP contribution in [0.5, 0.6) is 5.75 Å². The molecule has 1 aromatic carbocycles. The number of nitrogens with one attached hydrogen (secondary N) is 1. The molecule has 140 valence electrons. The molecule has 0 spiro atoms. The third-order valence-corrected chi connectivity index (χ3v) is 4.38. The maximum atomic E-state index is 13.1. The average Bonchev–Trinajstić information content (AvgIpc) is 3.03. The summed E-state index contributed by atoms with van der Waals surface area (Å²) in [6.07, 6.45) is 5.24. The molecule has 0 aliphatic carbocycles. The maximum absolute atomic E-state index is 13.1. The monoisotopic (exact) mass is 364 g/mol. The summed E-state index contributed by atoms with van der Waals surface area (Å²) in [6, 6.07) is 11.3. The van der Waals surface area contributed by atoms with E-state index in [4.69, 9.17) is 4.74 Å². The number of H-pyrrole nitrogens is 1. The molecular formula is C21H24N4O2. The Kier molecular flexibility index (Phi) is 5.86. The molecule has 0 aliphatic rings.